The molecule has 0 radical (unpaired) electrons. The Balaban J connectivity index is 1.95. The van der Waals surface area contributed by atoms with Crippen molar-refractivity contribution in [3.05, 3.63) is 39.4 Å². The number of nitrogens with zero attached hydrogens (tertiary/aromatic N) is 1. The molecule has 2 unspecified atom stereocenters. The van der Waals surface area contributed by atoms with Gasteiger partial charge in [-0.15, -0.1) is 0 Å². The first-order valence-corrected chi connectivity index (χ1v) is 6.63. The molecule has 1 aliphatic heterocycles. The first-order chi connectivity index (χ1) is 9.08. The zero-order chi connectivity index (χ0) is 13.8. The van der Waals surface area contributed by atoms with E-state index in [4.69, 9.17) is 4.74 Å². The predicted molar refractivity (Wildman–Crippen MR) is 73.1 cm³/mol. The lowest BCUT2D eigenvalue weighted by molar-refractivity contribution is -0.385. The van der Waals surface area contributed by atoms with Crippen LogP contribution in [0.25, 0.3) is 0 Å². The molecule has 1 aromatic carbocycles. The van der Waals surface area contributed by atoms with Gasteiger partial charge in [0.05, 0.1) is 11.5 Å². The van der Waals surface area contributed by atoms with Crippen molar-refractivity contribution >= 4 is 5.69 Å². The van der Waals surface area contributed by atoms with Crippen molar-refractivity contribution in [1.82, 2.24) is 5.32 Å². The second-order valence-corrected chi connectivity index (χ2v) is 5.17. The van der Waals surface area contributed by atoms with E-state index in [1.54, 1.807) is 19.1 Å². The SMILES string of the molecule is Cc1ccc(CNC(C)C2CCOC2)cc1[N+](=O)[O-]. The Morgan fingerprint density at radius 2 is 2.37 bits per heavy atom. The number of rotatable bonds is 5. The maximum atomic E-state index is 10.9. The van der Waals surface area contributed by atoms with E-state index in [9.17, 15) is 10.1 Å². The van der Waals surface area contributed by atoms with E-state index >= 15 is 0 Å². The minimum Gasteiger partial charge on any atom is -0.381 e. The number of hydrogen-bond acceptors (Lipinski definition) is 4. The van der Waals surface area contributed by atoms with Gasteiger partial charge in [-0.1, -0.05) is 12.1 Å². The van der Waals surface area contributed by atoms with Crippen LogP contribution in [0, 0.1) is 23.0 Å². The number of benzene rings is 1. The van der Waals surface area contributed by atoms with Crippen LogP contribution in [0.4, 0.5) is 5.69 Å². The smallest absolute Gasteiger partial charge is 0.272 e. The zero-order valence-corrected chi connectivity index (χ0v) is 11.4. The van der Waals surface area contributed by atoms with Gasteiger partial charge in [-0.3, -0.25) is 10.1 Å². The van der Waals surface area contributed by atoms with Crippen LogP contribution in [0.3, 0.4) is 0 Å². The van der Waals surface area contributed by atoms with Crippen molar-refractivity contribution in [2.75, 3.05) is 13.2 Å². The first-order valence-electron chi connectivity index (χ1n) is 6.63. The third-order valence-electron chi connectivity index (χ3n) is 3.77. The average Bonchev–Trinajstić information content (AvgIpc) is 2.91. The summed E-state index contributed by atoms with van der Waals surface area (Å²) in [6.45, 7) is 6.20. The second-order valence-electron chi connectivity index (χ2n) is 5.17. The van der Waals surface area contributed by atoms with E-state index < -0.39 is 0 Å². The van der Waals surface area contributed by atoms with Crippen molar-refractivity contribution in [3.63, 3.8) is 0 Å². The van der Waals surface area contributed by atoms with E-state index in [-0.39, 0.29) is 10.6 Å². The normalized spacial score (nSPS) is 20.4. The molecule has 1 fully saturated rings. The molecule has 1 heterocycles. The largest absolute Gasteiger partial charge is 0.381 e. The van der Waals surface area contributed by atoms with Crippen molar-refractivity contribution < 1.29 is 9.66 Å². The first kappa shape index (κ1) is 14.0. The Hall–Kier alpha value is -1.46. The number of nitrogens with one attached hydrogen (secondary N) is 1. The Bertz CT molecular complexity index is 456. The van der Waals surface area contributed by atoms with Crippen LogP contribution in [-0.2, 0) is 11.3 Å². The topological polar surface area (TPSA) is 64.4 Å². The van der Waals surface area contributed by atoms with Gasteiger partial charge in [0.25, 0.3) is 5.69 Å². The molecule has 0 aromatic heterocycles. The van der Waals surface area contributed by atoms with Crippen LogP contribution in [0.15, 0.2) is 18.2 Å². The molecule has 1 aliphatic rings. The van der Waals surface area contributed by atoms with Gasteiger partial charge in [-0.05, 0) is 31.7 Å². The number of hydrogen-bond donors (Lipinski definition) is 1. The fraction of sp³-hybridized carbons (Fsp3) is 0.571. The van der Waals surface area contributed by atoms with Crippen LogP contribution >= 0.6 is 0 Å². The Labute approximate surface area is 113 Å². The number of nitro groups is 1. The van der Waals surface area contributed by atoms with Crippen LogP contribution in [-0.4, -0.2) is 24.2 Å². The lowest BCUT2D eigenvalue weighted by Crippen LogP contribution is -2.33. The van der Waals surface area contributed by atoms with Gasteiger partial charge in [0.2, 0.25) is 0 Å². The summed E-state index contributed by atoms with van der Waals surface area (Å²) in [5.41, 5.74) is 1.84. The summed E-state index contributed by atoms with van der Waals surface area (Å²) in [4.78, 5) is 10.6. The number of ether oxygens (including phenoxy) is 1. The molecule has 5 nitrogen and oxygen atoms in total. The Kier molecular flexibility index (Phi) is 4.50. The molecule has 1 N–H and O–H groups in total. The van der Waals surface area contributed by atoms with Gasteiger partial charge >= 0.3 is 0 Å². The van der Waals surface area contributed by atoms with Crippen LogP contribution in [0.5, 0.6) is 0 Å². The van der Waals surface area contributed by atoms with Gasteiger partial charge in [0.15, 0.2) is 0 Å². The fourth-order valence-electron chi connectivity index (χ4n) is 2.35. The summed E-state index contributed by atoms with van der Waals surface area (Å²) < 4.78 is 5.37. The number of aryl methyl sites for hydroxylation is 1. The quantitative estimate of drug-likeness (QED) is 0.655. The highest BCUT2D eigenvalue weighted by molar-refractivity contribution is 5.42. The average molecular weight is 264 g/mol. The molecular weight excluding hydrogens is 244 g/mol. The van der Waals surface area contributed by atoms with Crippen molar-refractivity contribution in [2.24, 2.45) is 5.92 Å². The molecule has 5 heteroatoms. The highest BCUT2D eigenvalue weighted by atomic mass is 16.6. The van der Waals surface area contributed by atoms with E-state index in [2.05, 4.69) is 12.2 Å². The maximum Gasteiger partial charge on any atom is 0.272 e. The summed E-state index contributed by atoms with van der Waals surface area (Å²) in [6, 6.07) is 5.76. The molecule has 0 aliphatic carbocycles. The summed E-state index contributed by atoms with van der Waals surface area (Å²) in [5, 5.41) is 14.3. The monoisotopic (exact) mass is 264 g/mol. The van der Waals surface area contributed by atoms with Crippen molar-refractivity contribution in [3.8, 4) is 0 Å². The van der Waals surface area contributed by atoms with Gasteiger partial charge in [-0.25, -0.2) is 0 Å². The molecule has 19 heavy (non-hydrogen) atoms. The maximum absolute atomic E-state index is 10.9. The van der Waals surface area contributed by atoms with E-state index in [0.717, 1.165) is 25.2 Å². The molecule has 2 atom stereocenters. The molecule has 1 saturated heterocycles. The summed E-state index contributed by atoms with van der Waals surface area (Å²) in [6.07, 6.45) is 1.09. The minimum atomic E-state index is -0.326. The van der Waals surface area contributed by atoms with Gasteiger partial charge in [0, 0.05) is 30.8 Å². The van der Waals surface area contributed by atoms with Crippen LogP contribution in [0.1, 0.15) is 24.5 Å². The standard InChI is InChI=1S/C14H20N2O3/c1-10-3-4-12(7-14(10)16(17)18)8-15-11(2)13-5-6-19-9-13/h3-4,7,11,13,15H,5-6,8-9H2,1-2H3. The minimum absolute atomic E-state index is 0.191. The Morgan fingerprint density at radius 1 is 1.58 bits per heavy atom. The van der Waals surface area contributed by atoms with Gasteiger partial charge in [0.1, 0.15) is 0 Å². The molecule has 2 rings (SSSR count). The van der Waals surface area contributed by atoms with E-state index in [1.165, 1.54) is 0 Å². The van der Waals surface area contributed by atoms with Crippen LogP contribution in [0.2, 0.25) is 0 Å². The lowest BCUT2D eigenvalue weighted by Gasteiger charge is -2.19. The van der Waals surface area contributed by atoms with Gasteiger partial charge in [-0.2, -0.15) is 0 Å². The molecule has 0 saturated carbocycles. The Morgan fingerprint density at radius 3 is 3.00 bits per heavy atom. The van der Waals surface area contributed by atoms with Crippen molar-refractivity contribution in [2.45, 2.75) is 32.9 Å². The molecule has 0 spiro atoms. The molecule has 0 bridgehead atoms. The number of nitro benzene ring substituents is 1. The molecule has 1 aromatic rings. The highest BCUT2D eigenvalue weighted by Gasteiger charge is 2.21. The molecular formula is C14H20N2O3. The summed E-state index contributed by atoms with van der Waals surface area (Å²) >= 11 is 0. The third-order valence-corrected chi connectivity index (χ3v) is 3.77. The second kappa shape index (κ2) is 6.12. The third kappa shape index (κ3) is 3.52. The summed E-state index contributed by atoms with van der Waals surface area (Å²) in [5.74, 6) is 0.542. The zero-order valence-electron chi connectivity index (χ0n) is 11.4. The summed E-state index contributed by atoms with van der Waals surface area (Å²) in [7, 11) is 0. The lowest BCUT2D eigenvalue weighted by atomic mass is 10.0. The molecule has 104 valence electrons. The van der Waals surface area contributed by atoms with E-state index in [1.807, 2.05) is 6.07 Å². The van der Waals surface area contributed by atoms with Crippen molar-refractivity contribution in [1.29, 1.82) is 0 Å². The highest BCUT2D eigenvalue weighted by Crippen LogP contribution is 2.20. The predicted octanol–water partition coefficient (Wildman–Crippen LogP) is 2.42. The fourth-order valence-corrected chi connectivity index (χ4v) is 2.35. The van der Waals surface area contributed by atoms with E-state index in [0.29, 0.717) is 24.1 Å². The van der Waals surface area contributed by atoms with Crippen LogP contribution < -0.4 is 5.32 Å². The molecule has 0 amide bonds. The van der Waals surface area contributed by atoms with Gasteiger partial charge < -0.3 is 10.1 Å².